The Morgan fingerprint density at radius 1 is 1.44 bits per heavy atom. The molecule has 0 unspecified atom stereocenters. The third-order valence-electron chi connectivity index (χ3n) is 2.17. The number of benzene rings is 1. The van der Waals surface area contributed by atoms with Gasteiger partial charge in [-0.25, -0.2) is 4.39 Å². The van der Waals surface area contributed by atoms with Crippen LogP contribution in [-0.2, 0) is 0 Å². The molecule has 5 heteroatoms. The molecule has 1 aromatic carbocycles. The second-order valence-corrected chi connectivity index (χ2v) is 3.76. The van der Waals surface area contributed by atoms with Crippen LogP contribution < -0.4 is 0 Å². The summed E-state index contributed by atoms with van der Waals surface area (Å²) in [6.07, 6.45) is 0. The normalized spacial score (nSPS) is 10.4. The smallest absolute Gasteiger partial charge is 0.177 e. The van der Waals surface area contributed by atoms with Crippen molar-refractivity contribution in [3.63, 3.8) is 0 Å². The average molecular weight is 239 g/mol. The molecule has 16 heavy (non-hydrogen) atoms. The number of aromatic nitrogens is 2. The van der Waals surface area contributed by atoms with Crippen LogP contribution in [0.1, 0.15) is 17.4 Å². The van der Waals surface area contributed by atoms with Crippen molar-refractivity contribution in [2.75, 3.05) is 0 Å². The van der Waals surface area contributed by atoms with Crippen molar-refractivity contribution in [1.82, 2.24) is 10.2 Å². The number of aromatic amines is 1. The van der Waals surface area contributed by atoms with Gasteiger partial charge < -0.3 is 0 Å². The van der Waals surface area contributed by atoms with E-state index in [1.807, 2.05) is 0 Å². The molecule has 0 saturated heterocycles. The number of nitrogens with zero attached hydrogens (tertiary/aromatic N) is 1. The molecule has 1 heterocycles. The van der Waals surface area contributed by atoms with E-state index >= 15 is 0 Å². The summed E-state index contributed by atoms with van der Waals surface area (Å²) in [5.41, 5.74) is 1.64. The van der Waals surface area contributed by atoms with Crippen LogP contribution in [0.5, 0.6) is 0 Å². The highest BCUT2D eigenvalue weighted by Crippen LogP contribution is 2.23. The summed E-state index contributed by atoms with van der Waals surface area (Å²) in [5.74, 6) is -0.584. The van der Waals surface area contributed by atoms with Gasteiger partial charge in [0.15, 0.2) is 5.78 Å². The number of H-pyrrole nitrogens is 1. The monoisotopic (exact) mass is 238 g/mol. The summed E-state index contributed by atoms with van der Waals surface area (Å²) >= 11 is 5.65. The zero-order valence-electron chi connectivity index (χ0n) is 8.42. The van der Waals surface area contributed by atoms with Gasteiger partial charge in [0.1, 0.15) is 11.5 Å². The maximum Gasteiger partial charge on any atom is 0.177 e. The topological polar surface area (TPSA) is 45.8 Å². The van der Waals surface area contributed by atoms with E-state index in [0.29, 0.717) is 17.0 Å². The molecule has 0 aliphatic carbocycles. The fraction of sp³-hybridized carbons (Fsp3) is 0.0909. The van der Waals surface area contributed by atoms with Gasteiger partial charge in [-0.1, -0.05) is 11.6 Å². The number of hydrogen-bond acceptors (Lipinski definition) is 2. The van der Waals surface area contributed by atoms with Gasteiger partial charge in [0.05, 0.1) is 10.7 Å². The van der Waals surface area contributed by atoms with Gasteiger partial charge in [-0.05, 0) is 24.3 Å². The number of Topliss-reactive ketones (excluding diaryl/α,β-unsaturated/α-hetero) is 1. The minimum absolute atomic E-state index is 0.0323. The number of ketones is 1. The molecule has 0 fully saturated rings. The Hall–Kier alpha value is -1.68. The molecule has 0 aliphatic rings. The zero-order chi connectivity index (χ0) is 11.7. The van der Waals surface area contributed by atoms with Gasteiger partial charge in [0, 0.05) is 12.5 Å². The van der Waals surface area contributed by atoms with Crippen molar-refractivity contribution < 1.29 is 9.18 Å². The van der Waals surface area contributed by atoms with Crippen molar-refractivity contribution >= 4 is 17.4 Å². The van der Waals surface area contributed by atoms with E-state index in [1.165, 1.54) is 19.1 Å². The lowest BCUT2D eigenvalue weighted by Gasteiger charge is -1.97. The van der Waals surface area contributed by atoms with Crippen molar-refractivity contribution in [2.45, 2.75) is 6.92 Å². The molecule has 0 aliphatic heterocycles. The van der Waals surface area contributed by atoms with E-state index in [9.17, 15) is 9.18 Å². The fourth-order valence-corrected chi connectivity index (χ4v) is 1.49. The predicted octanol–water partition coefficient (Wildman–Crippen LogP) is 3.07. The molecule has 0 bridgehead atoms. The Bertz CT molecular complexity index is 551. The van der Waals surface area contributed by atoms with Gasteiger partial charge in [-0.3, -0.25) is 9.89 Å². The van der Waals surface area contributed by atoms with Crippen molar-refractivity contribution in [2.24, 2.45) is 0 Å². The lowest BCUT2D eigenvalue weighted by molar-refractivity contribution is 0.101. The van der Waals surface area contributed by atoms with Crippen molar-refractivity contribution in [1.29, 1.82) is 0 Å². The van der Waals surface area contributed by atoms with Crippen molar-refractivity contribution in [3.05, 3.63) is 40.8 Å². The number of halogens is 2. The zero-order valence-corrected chi connectivity index (χ0v) is 9.18. The molecule has 2 aromatic rings. The SMILES string of the molecule is CC(=O)c1cc(-c2ccc(F)c(Cl)c2)n[nH]1. The highest BCUT2D eigenvalue weighted by molar-refractivity contribution is 6.31. The van der Waals surface area contributed by atoms with E-state index in [1.54, 1.807) is 12.1 Å². The van der Waals surface area contributed by atoms with E-state index < -0.39 is 5.82 Å². The lowest BCUT2D eigenvalue weighted by Crippen LogP contribution is -1.90. The van der Waals surface area contributed by atoms with Crippen LogP contribution in [0.4, 0.5) is 4.39 Å². The number of nitrogens with one attached hydrogen (secondary N) is 1. The summed E-state index contributed by atoms with van der Waals surface area (Å²) in [6.45, 7) is 1.44. The maximum atomic E-state index is 12.9. The van der Waals surface area contributed by atoms with Crippen LogP contribution >= 0.6 is 11.6 Å². The number of hydrogen-bond donors (Lipinski definition) is 1. The fourth-order valence-electron chi connectivity index (χ4n) is 1.31. The van der Waals surface area contributed by atoms with Crippen LogP contribution in [0, 0.1) is 5.82 Å². The van der Waals surface area contributed by atoms with Gasteiger partial charge in [-0.15, -0.1) is 0 Å². The highest BCUT2D eigenvalue weighted by Gasteiger charge is 2.08. The molecule has 1 aromatic heterocycles. The first-order chi connectivity index (χ1) is 7.58. The van der Waals surface area contributed by atoms with Gasteiger partial charge in [0.2, 0.25) is 0 Å². The number of carbonyl (C=O) groups excluding carboxylic acids is 1. The lowest BCUT2D eigenvalue weighted by atomic mass is 10.1. The van der Waals surface area contributed by atoms with Gasteiger partial charge in [-0.2, -0.15) is 5.10 Å². The molecular formula is C11H8ClFN2O. The molecule has 3 nitrogen and oxygen atoms in total. The summed E-state index contributed by atoms with van der Waals surface area (Å²) in [4.78, 5) is 11.1. The van der Waals surface area contributed by atoms with E-state index in [4.69, 9.17) is 11.6 Å². The van der Waals surface area contributed by atoms with E-state index in [-0.39, 0.29) is 10.8 Å². The second-order valence-electron chi connectivity index (χ2n) is 3.35. The Balaban J connectivity index is 2.42. The van der Waals surface area contributed by atoms with E-state index in [0.717, 1.165) is 0 Å². The number of carbonyl (C=O) groups is 1. The maximum absolute atomic E-state index is 12.9. The van der Waals surface area contributed by atoms with Crippen molar-refractivity contribution in [3.8, 4) is 11.3 Å². The Morgan fingerprint density at radius 3 is 2.75 bits per heavy atom. The molecule has 0 amide bonds. The van der Waals surface area contributed by atoms with Gasteiger partial charge in [0.25, 0.3) is 0 Å². The molecule has 2 rings (SSSR count). The standard InChI is InChI=1S/C11H8ClFN2O/c1-6(16)10-5-11(15-14-10)7-2-3-9(13)8(12)4-7/h2-5H,1H3,(H,14,15). The van der Waals surface area contributed by atoms with Crippen LogP contribution in [0.15, 0.2) is 24.3 Å². The Morgan fingerprint density at radius 2 is 2.19 bits per heavy atom. The first-order valence-electron chi connectivity index (χ1n) is 4.59. The third kappa shape index (κ3) is 1.97. The predicted molar refractivity (Wildman–Crippen MR) is 59.0 cm³/mol. The van der Waals surface area contributed by atoms with Gasteiger partial charge >= 0.3 is 0 Å². The van der Waals surface area contributed by atoms with Crippen LogP contribution in [-0.4, -0.2) is 16.0 Å². The molecule has 0 radical (unpaired) electrons. The molecule has 0 spiro atoms. The summed E-state index contributed by atoms with van der Waals surface area (Å²) in [6, 6.07) is 5.89. The van der Waals surface area contributed by atoms with Crippen LogP contribution in [0.3, 0.4) is 0 Å². The quantitative estimate of drug-likeness (QED) is 0.818. The molecular weight excluding hydrogens is 231 g/mol. The number of rotatable bonds is 2. The molecule has 82 valence electrons. The Labute approximate surface area is 96.2 Å². The minimum atomic E-state index is -0.479. The third-order valence-corrected chi connectivity index (χ3v) is 2.46. The second kappa shape index (κ2) is 4.06. The first kappa shape index (κ1) is 10.8. The van der Waals surface area contributed by atoms with Crippen LogP contribution in [0.2, 0.25) is 5.02 Å². The minimum Gasteiger partial charge on any atom is -0.293 e. The Kier molecular flexibility index (Phi) is 2.75. The largest absolute Gasteiger partial charge is 0.293 e. The average Bonchev–Trinajstić information content (AvgIpc) is 2.71. The highest BCUT2D eigenvalue weighted by atomic mass is 35.5. The first-order valence-corrected chi connectivity index (χ1v) is 4.97. The summed E-state index contributed by atoms with van der Waals surface area (Å²) in [7, 11) is 0. The van der Waals surface area contributed by atoms with Crippen LogP contribution in [0.25, 0.3) is 11.3 Å². The summed E-state index contributed by atoms with van der Waals surface area (Å²) < 4.78 is 12.9. The molecule has 0 saturated carbocycles. The van der Waals surface area contributed by atoms with E-state index in [2.05, 4.69) is 10.2 Å². The summed E-state index contributed by atoms with van der Waals surface area (Å²) in [5, 5.41) is 6.59. The molecule has 1 N–H and O–H groups in total. The molecule has 0 atom stereocenters.